The molecular weight excluding hydrogens is 263 g/mol. The van der Waals surface area contributed by atoms with Crippen LogP contribution in [0.1, 0.15) is 38.3 Å². The minimum Gasteiger partial charge on any atom is -0.309 e. The summed E-state index contributed by atoms with van der Waals surface area (Å²) in [4.78, 5) is 2.51. The second kappa shape index (κ2) is 6.69. The first-order chi connectivity index (χ1) is 9.11. The quantitative estimate of drug-likeness (QED) is 0.888. The highest BCUT2D eigenvalue weighted by atomic mass is 35.5. The molecule has 0 radical (unpaired) electrons. The highest BCUT2D eigenvalue weighted by Crippen LogP contribution is 2.24. The van der Waals surface area contributed by atoms with Crippen molar-refractivity contribution in [3.63, 3.8) is 0 Å². The number of likely N-dealkylation sites (N-methyl/N-ethyl adjacent to an activating group) is 1. The van der Waals surface area contributed by atoms with E-state index in [-0.39, 0.29) is 11.9 Å². The third-order valence-electron chi connectivity index (χ3n) is 3.99. The largest absolute Gasteiger partial charge is 0.309 e. The Hall–Kier alpha value is -0.640. The van der Waals surface area contributed by atoms with Gasteiger partial charge in [0.25, 0.3) is 0 Å². The van der Waals surface area contributed by atoms with E-state index in [0.29, 0.717) is 11.1 Å². The van der Waals surface area contributed by atoms with Gasteiger partial charge in [0.2, 0.25) is 0 Å². The molecule has 0 bridgehead atoms. The van der Waals surface area contributed by atoms with Crippen LogP contribution >= 0.6 is 11.6 Å². The summed E-state index contributed by atoms with van der Waals surface area (Å²) in [6.45, 7) is 7.55. The fraction of sp³-hybridized carbons (Fsp3) is 0.600. The lowest BCUT2D eigenvalue weighted by Gasteiger charge is -2.25. The molecule has 4 heteroatoms. The van der Waals surface area contributed by atoms with Crippen molar-refractivity contribution in [3.8, 4) is 0 Å². The number of rotatable bonds is 5. The van der Waals surface area contributed by atoms with Gasteiger partial charge in [0, 0.05) is 23.7 Å². The summed E-state index contributed by atoms with van der Waals surface area (Å²) >= 11 is 6.09. The van der Waals surface area contributed by atoms with Crippen molar-refractivity contribution in [2.45, 2.75) is 38.8 Å². The smallest absolute Gasteiger partial charge is 0.124 e. The Morgan fingerprint density at radius 3 is 3.00 bits per heavy atom. The van der Waals surface area contributed by atoms with Gasteiger partial charge in [-0.3, -0.25) is 4.90 Å². The van der Waals surface area contributed by atoms with Gasteiger partial charge < -0.3 is 5.32 Å². The molecule has 106 valence electrons. The molecule has 2 atom stereocenters. The number of nitrogens with one attached hydrogen (secondary N) is 1. The molecule has 0 aromatic heterocycles. The Morgan fingerprint density at radius 1 is 1.53 bits per heavy atom. The summed E-state index contributed by atoms with van der Waals surface area (Å²) < 4.78 is 13.0. The molecule has 1 aromatic rings. The van der Waals surface area contributed by atoms with Crippen LogP contribution in [0, 0.1) is 5.82 Å². The molecule has 1 aliphatic heterocycles. The lowest BCUT2D eigenvalue weighted by Crippen LogP contribution is -2.38. The highest BCUT2D eigenvalue weighted by molar-refractivity contribution is 6.31. The zero-order valence-corrected chi connectivity index (χ0v) is 12.4. The first kappa shape index (κ1) is 14.8. The highest BCUT2D eigenvalue weighted by Gasteiger charge is 2.23. The molecule has 19 heavy (non-hydrogen) atoms. The Kier molecular flexibility index (Phi) is 5.20. The van der Waals surface area contributed by atoms with Crippen molar-refractivity contribution in [1.29, 1.82) is 0 Å². The van der Waals surface area contributed by atoms with E-state index < -0.39 is 0 Å². The maximum absolute atomic E-state index is 13.0. The molecule has 1 aromatic carbocycles. The summed E-state index contributed by atoms with van der Waals surface area (Å²) in [5, 5.41) is 4.02. The Balaban J connectivity index is 1.92. The second-order valence-electron chi connectivity index (χ2n) is 5.22. The molecule has 1 fully saturated rings. The van der Waals surface area contributed by atoms with E-state index in [2.05, 4.69) is 24.1 Å². The summed E-state index contributed by atoms with van der Waals surface area (Å²) in [6.07, 6.45) is 2.54. The standard InChI is InChI=1S/C15H22ClFN2/c1-3-19-8-4-5-13(19)10-18-11(2)14-7-6-12(17)9-15(14)16/h6-7,9,11,13,18H,3-5,8,10H2,1-2H3. The van der Waals surface area contributed by atoms with Crippen LogP contribution in [0.5, 0.6) is 0 Å². The van der Waals surface area contributed by atoms with Crippen LogP contribution in [0.2, 0.25) is 5.02 Å². The number of halogens is 2. The third kappa shape index (κ3) is 3.68. The van der Waals surface area contributed by atoms with E-state index in [1.807, 2.05) is 0 Å². The Labute approximate surface area is 119 Å². The van der Waals surface area contributed by atoms with Crippen molar-refractivity contribution < 1.29 is 4.39 Å². The molecule has 1 N–H and O–H groups in total. The van der Waals surface area contributed by atoms with Gasteiger partial charge in [-0.05, 0) is 50.6 Å². The molecular formula is C15H22ClFN2. The summed E-state index contributed by atoms with van der Waals surface area (Å²) in [6, 6.07) is 5.37. The van der Waals surface area contributed by atoms with E-state index in [0.717, 1.165) is 18.7 Å². The average molecular weight is 285 g/mol. The summed E-state index contributed by atoms with van der Waals surface area (Å²) in [5.41, 5.74) is 0.962. The average Bonchev–Trinajstić information content (AvgIpc) is 2.83. The zero-order valence-electron chi connectivity index (χ0n) is 11.6. The van der Waals surface area contributed by atoms with Gasteiger partial charge in [0.15, 0.2) is 0 Å². The number of hydrogen-bond acceptors (Lipinski definition) is 2. The fourth-order valence-electron chi connectivity index (χ4n) is 2.82. The molecule has 0 saturated carbocycles. The van der Waals surface area contributed by atoms with Crippen LogP contribution < -0.4 is 5.32 Å². The Morgan fingerprint density at radius 2 is 2.32 bits per heavy atom. The van der Waals surface area contributed by atoms with Gasteiger partial charge in [-0.2, -0.15) is 0 Å². The maximum atomic E-state index is 13.0. The molecule has 1 aliphatic rings. The van der Waals surface area contributed by atoms with Gasteiger partial charge in [-0.1, -0.05) is 24.6 Å². The van der Waals surface area contributed by atoms with Gasteiger partial charge in [-0.25, -0.2) is 4.39 Å². The van der Waals surface area contributed by atoms with Crippen LogP contribution in [-0.4, -0.2) is 30.6 Å². The number of nitrogens with zero attached hydrogens (tertiary/aromatic N) is 1. The first-order valence-corrected chi connectivity index (χ1v) is 7.42. The van der Waals surface area contributed by atoms with E-state index in [1.165, 1.54) is 31.5 Å². The molecule has 0 amide bonds. The van der Waals surface area contributed by atoms with Crippen LogP contribution in [0.15, 0.2) is 18.2 Å². The normalized spacial score (nSPS) is 21.8. The SMILES string of the molecule is CCN1CCCC1CNC(C)c1ccc(F)cc1Cl. The zero-order chi connectivity index (χ0) is 13.8. The first-order valence-electron chi connectivity index (χ1n) is 7.04. The minimum absolute atomic E-state index is 0.146. The van der Waals surface area contributed by atoms with Crippen molar-refractivity contribution in [3.05, 3.63) is 34.6 Å². The van der Waals surface area contributed by atoms with Crippen LogP contribution in [0.3, 0.4) is 0 Å². The van der Waals surface area contributed by atoms with Crippen molar-refractivity contribution >= 4 is 11.6 Å². The molecule has 1 heterocycles. The van der Waals surface area contributed by atoms with Crippen molar-refractivity contribution in [2.24, 2.45) is 0 Å². The van der Waals surface area contributed by atoms with E-state index in [9.17, 15) is 4.39 Å². The van der Waals surface area contributed by atoms with Gasteiger partial charge in [0.05, 0.1) is 0 Å². The maximum Gasteiger partial charge on any atom is 0.124 e. The lowest BCUT2D eigenvalue weighted by atomic mass is 10.1. The molecule has 1 saturated heterocycles. The van der Waals surface area contributed by atoms with Crippen LogP contribution in [0.25, 0.3) is 0 Å². The van der Waals surface area contributed by atoms with Crippen molar-refractivity contribution in [1.82, 2.24) is 10.2 Å². The number of hydrogen-bond donors (Lipinski definition) is 1. The monoisotopic (exact) mass is 284 g/mol. The van der Waals surface area contributed by atoms with Crippen LogP contribution in [-0.2, 0) is 0 Å². The van der Waals surface area contributed by atoms with Gasteiger partial charge in [-0.15, -0.1) is 0 Å². The summed E-state index contributed by atoms with van der Waals surface area (Å²) in [7, 11) is 0. The predicted octanol–water partition coefficient (Wildman–Crippen LogP) is 3.61. The molecule has 2 unspecified atom stereocenters. The summed E-state index contributed by atoms with van der Waals surface area (Å²) in [5.74, 6) is -0.283. The predicted molar refractivity (Wildman–Crippen MR) is 78.1 cm³/mol. The van der Waals surface area contributed by atoms with Crippen LogP contribution in [0.4, 0.5) is 4.39 Å². The number of likely N-dealkylation sites (tertiary alicyclic amines) is 1. The van der Waals surface area contributed by atoms with E-state index in [4.69, 9.17) is 11.6 Å². The van der Waals surface area contributed by atoms with Gasteiger partial charge >= 0.3 is 0 Å². The second-order valence-corrected chi connectivity index (χ2v) is 5.63. The molecule has 2 rings (SSSR count). The minimum atomic E-state index is -0.283. The van der Waals surface area contributed by atoms with Gasteiger partial charge in [0.1, 0.15) is 5.82 Å². The number of benzene rings is 1. The van der Waals surface area contributed by atoms with Crippen molar-refractivity contribution in [2.75, 3.05) is 19.6 Å². The molecule has 0 aliphatic carbocycles. The fourth-order valence-corrected chi connectivity index (χ4v) is 3.15. The van der Waals surface area contributed by atoms with E-state index >= 15 is 0 Å². The Bertz CT molecular complexity index is 425. The third-order valence-corrected chi connectivity index (χ3v) is 4.32. The molecule has 2 nitrogen and oxygen atoms in total. The van der Waals surface area contributed by atoms with E-state index in [1.54, 1.807) is 6.07 Å². The lowest BCUT2D eigenvalue weighted by molar-refractivity contribution is 0.255. The topological polar surface area (TPSA) is 15.3 Å². The molecule has 0 spiro atoms.